The van der Waals surface area contributed by atoms with Gasteiger partial charge in [-0.15, -0.1) is 0 Å². The Hall–Kier alpha value is -1.74. The van der Waals surface area contributed by atoms with Crippen molar-refractivity contribution in [3.05, 3.63) is 52.5 Å². The van der Waals surface area contributed by atoms with E-state index in [-0.39, 0.29) is 5.60 Å². The van der Waals surface area contributed by atoms with Crippen molar-refractivity contribution in [2.24, 2.45) is 0 Å². The van der Waals surface area contributed by atoms with Crippen LogP contribution >= 0.6 is 0 Å². The summed E-state index contributed by atoms with van der Waals surface area (Å²) in [4.78, 5) is 0. The van der Waals surface area contributed by atoms with Crippen LogP contribution in [0.2, 0.25) is 0 Å². The molecule has 0 saturated carbocycles. The van der Waals surface area contributed by atoms with Crippen LogP contribution in [0.5, 0.6) is 5.75 Å². The highest BCUT2D eigenvalue weighted by molar-refractivity contribution is 5.44. The zero-order valence-electron chi connectivity index (χ0n) is 12.4. The largest absolute Gasteiger partial charge is 0.487 e. The number of hydrogen-bond acceptors (Lipinski definition) is 3. The summed E-state index contributed by atoms with van der Waals surface area (Å²) in [7, 11) is 0. The van der Waals surface area contributed by atoms with E-state index in [1.165, 1.54) is 0 Å². The van der Waals surface area contributed by atoms with Crippen LogP contribution in [-0.2, 0) is 6.42 Å². The molecule has 1 aliphatic heterocycles. The van der Waals surface area contributed by atoms with Gasteiger partial charge in [0.25, 0.3) is 0 Å². The second-order valence-corrected chi connectivity index (χ2v) is 6.18. The molecule has 0 radical (unpaired) electrons. The number of rotatable bonds is 2. The third kappa shape index (κ3) is 2.22. The van der Waals surface area contributed by atoms with Crippen LogP contribution in [0.15, 0.2) is 28.7 Å². The Morgan fingerprint density at radius 1 is 1.20 bits per heavy atom. The molecule has 0 amide bonds. The Morgan fingerprint density at radius 2 is 1.95 bits per heavy atom. The molecule has 0 aliphatic carbocycles. The number of ether oxygens (including phenoxy) is 1. The fourth-order valence-electron chi connectivity index (χ4n) is 2.90. The summed E-state index contributed by atoms with van der Waals surface area (Å²) >= 11 is 0. The van der Waals surface area contributed by atoms with Gasteiger partial charge in [-0.1, -0.05) is 6.07 Å². The van der Waals surface area contributed by atoms with Gasteiger partial charge in [0.1, 0.15) is 29.0 Å². The molecule has 3 rings (SSSR count). The first-order valence-corrected chi connectivity index (χ1v) is 6.92. The minimum atomic E-state index is -0.651. The van der Waals surface area contributed by atoms with E-state index >= 15 is 0 Å². The lowest BCUT2D eigenvalue weighted by atomic mass is 9.96. The molecule has 1 aromatic heterocycles. The molecule has 3 nitrogen and oxygen atoms in total. The predicted molar refractivity (Wildman–Crippen MR) is 77.1 cm³/mol. The number of aryl methyl sites for hydroxylation is 2. The lowest BCUT2D eigenvalue weighted by Crippen LogP contribution is -2.24. The third-order valence-electron chi connectivity index (χ3n) is 3.78. The monoisotopic (exact) mass is 272 g/mol. The van der Waals surface area contributed by atoms with E-state index in [4.69, 9.17) is 9.15 Å². The standard InChI is InChI=1S/C17H20O3/c1-10-7-14(11(2)19-10)16(18)12-5-6-15-13(8-12)9-17(3,4)20-15/h5-8,16,18H,9H2,1-4H3. The topological polar surface area (TPSA) is 42.6 Å². The summed E-state index contributed by atoms with van der Waals surface area (Å²) in [5.41, 5.74) is 2.72. The van der Waals surface area contributed by atoms with Gasteiger partial charge in [-0.05, 0) is 57.0 Å². The molecule has 1 aromatic carbocycles. The molecular weight excluding hydrogens is 252 g/mol. The van der Waals surface area contributed by atoms with Crippen LogP contribution in [0.25, 0.3) is 0 Å². The van der Waals surface area contributed by atoms with E-state index in [9.17, 15) is 5.11 Å². The summed E-state index contributed by atoms with van der Waals surface area (Å²) in [6, 6.07) is 7.81. The van der Waals surface area contributed by atoms with E-state index in [1.807, 2.05) is 38.1 Å². The molecule has 20 heavy (non-hydrogen) atoms. The summed E-state index contributed by atoms with van der Waals surface area (Å²) in [5, 5.41) is 10.5. The number of aliphatic hydroxyl groups excluding tert-OH is 1. The SMILES string of the molecule is Cc1cc(C(O)c2ccc3c(c2)CC(C)(C)O3)c(C)o1. The van der Waals surface area contributed by atoms with E-state index in [1.54, 1.807) is 0 Å². The molecular formula is C17H20O3. The summed E-state index contributed by atoms with van der Waals surface area (Å²) < 4.78 is 11.4. The van der Waals surface area contributed by atoms with Crippen LogP contribution in [0, 0.1) is 13.8 Å². The van der Waals surface area contributed by atoms with E-state index in [2.05, 4.69) is 13.8 Å². The zero-order chi connectivity index (χ0) is 14.5. The molecule has 1 aliphatic rings. The van der Waals surface area contributed by atoms with Gasteiger partial charge in [0.05, 0.1) is 0 Å². The molecule has 0 bridgehead atoms. The van der Waals surface area contributed by atoms with Gasteiger partial charge in [0.15, 0.2) is 0 Å². The summed E-state index contributed by atoms with van der Waals surface area (Å²) in [6.07, 6.45) is 0.216. The maximum atomic E-state index is 10.5. The summed E-state index contributed by atoms with van der Waals surface area (Å²) in [5.74, 6) is 2.51. The number of furan rings is 1. The average molecular weight is 272 g/mol. The lowest BCUT2D eigenvalue weighted by molar-refractivity contribution is 0.138. The van der Waals surface area contributed by atoms with Crippen LogP contribution < -0.4 is 4.74 Å². The molecule has 3 heteroatoms. The first kappa shape index (κ1) is 13.3. The maximum absolute atomic E-state index is 10.5. The number of fused-ring (bicyclic) bond motifs is 1. The van der Waals surface area contributed by atoms with Crippen molar-refractivity contribution in [3.63, 3.8) is 0 Å². The zero-order valence-corrected chi connectivity index (χ0v) is 12.4. The van der Waals surface area contributed by atoms with Crippen LogP contribution in [0.3, 0.4) is 0 Å². The Morgan fingerprint density at radius 3 is 2.60 bits per heavy atom. The summed E-state index contributed by atoms with van der Waals surface area (Å²) in [6.45, 7) is 7.92. The Labute approximate surface area is 119 Å². The molecule has 1 atom stereocenters. The van der Waals surface area contributed by atoms with Crippen molar-refractivity contribution in [2.75, 3.05) is 0 Å². The first-order chi connectivity index (χ1) is 9.35. The van der Waals surface area contributed by atoms with Crippen molar-refractivity contribution < 1.29 is 14.3 Å². The van der Waals surface area contributed by atoms with Crippen LogP contribution in [0.4, 0.5) is 0 Å². The second kappa shape index (κ2) is 4.38. The molecule has 0 fully saturated rings. The molecule has 0 saturated heterocycles. The third-order valence-corrected chi connectivity index (χ3v) is 3.78. The van der Waals surface area contributed by atoms with Crippen LogP contribution in [-0.4, -0.2) is 10.7 Å². The molecule has 1 N–H and O–H groups in total. The highest BCUT2D eigenvalue weighted by Gasteiger charge is 2.30. The van der Waals surface area contributed by atoms with Gasteiger partial charge in [0.2, 0.25) is 0 Å². The van der Waals surface area contributed by atoms with Crippen LogP contribution in [0.1, 0.15) is 48.2 Å². The van der Waals surface area contributed by atoms with Gasteiger partial charge < -0.3 is 14.3 Å². The highest BCUT2D eigenvalue weighted by Crippen LogP contribution is 2.37. The van der Waals surface area contributed by atoms with Crippen molar-refractivity contribution in [1.82, 2.24) is 0 Å². The molecule has 2 heterocycles. The molecule has 2 aromatic rings. The quantitative estimate of drug-likeness (QED) is 0.906. The van der Waals surface area contributed by atoms with Gasteiger partial charge in [0, 0.05) is 12.0 Å². The number of aliphatic hydroxyl groups is 1. The molecule has 0 spiro atoms. The van der Waals surface area contributed by atoms with Crippen molar-refractivity contribution >= 4 is 0 Å². The first-order valence-electron chi connectivity index (χ1n) is 6.92. The number of benzene rings is 1. The predicted octanol–water partition coefficient (Wildman–Crippen LogP) is 3.69. The van der Waals surface area contributed by atoms with E-state index < -0.39 is 6.10 Å². The lowest BCUT2D eigenvalue weighted by Gasteiger charge is -2.16. The maximum Gasteiger partial charge on any atom is 0.123 e. The smallest absolute Gasteiger partial charge is 0.123 e. The normalized spacial score (nSPS) is 17.6. The van der Waals surface area contributed by atoms with Gasteiger partial charge in [-0.25, -0.2) is 0 Å². The number of hydrogen-bond donors (Lipinski definition) is 1. The van der Waals surface area contributed by atoms with Crippen molar-refractivity contribution in [2.45, 2.75) is 45.8 Å². The minimum Gasteiger partial charge on any atom is -0.487 e. The van der Waals surface area contributed by atoms with E-state index in [0.717, 1.165) is 40.4 Å². The Balaban J connectivity index is 1.95. The second-order valence-electron chi connectivity index (χ2n) is 6.18. The fourth-order valence-corrected chi connectivity index (χ4v) is 2.90. The average Bonchev–Trinajstić information content (AvgIpc) is 2.84. The van der Waals surface area contributed by atoms with Crippen molar-refractivity contribution in [1.29, 1.82) is 0 Å². The van der Waals surface area contributed by atoms with Gasteiger partial charge >= 0.3 is 0 Å². The molecule has 1 unspecified atom stereocenters. The van der Waals surface area contributed by atoms with Gasteiger partial charge in [-0.3, -0.25) is 0 Å². The Bertz CT molecular complexity index is 652. The fraction of sp³-hybridized carbons (Fsp3) is 0.412. The Kier molecular flexibility index (Phi) is 2.91. The molecule has 106 valence electrons. The minimum absolute atomic E-state index is 0.159. The highest BCUT2D eigenvalue weighted by atomic mass is 16.5. The van der Waals surface area contributed by atoms with Gasteiger partial charge in [-0.2, -0.15) is 0 Å². The van der Waals surface area contributed by atoms with Crippen molar-refractivity contribution in [3.8, 4) is 5.75 Å². The van der Waals surface area contributed by atoms with E-state index in [0.29, 0.717) is 0 Å².